The summed E-state index contributed by atoms with van der Waals surface area (Å²) in [7, 11) is 0. The van der Waals surface area contributed by atoms with Crippen molar-refractivity contribution >= 4 is 27.0 Å². The normalized spacial score (nSPS) is 17.8. The minimum atomic E-state index is -0.247. The van der Waals surface area contributed by atoms with Crippen LogP contribution in [0.5, 0.6) is 0 Å². The van der Waals surface area contributed by atoms with Crippen molar-refractivity contribution in [1.29, 1.82) is 0 Å². The smallest absolute Gasteiger partial charge is 0.127 e. The second kappa shape index (κ2) is 4.37. The Morgan fingerprint density at radius 3 is 2.76 bits per heavy atom. The number of hydrogen-bond acceptors (Lipinski definition) is 2. The van der Waals surface area contributed by atoms with E-state index in [9.17, 15) is 4.39 Å². The van der Waals surface area contributed by atoms with E-state index >= 15 is 0 Å². The van der Waals surface area contributed by atoms with Crippen LogP contribution in [0.2, 0.25) is 0 Å². The van der Waals surface area contributed by atoms with Gasteiger partial charge in [-0.3, -0.25) is 0 Å². The van der Waals surface area contributed by atoms with Gasteiger partial charge >= 0.3 is 0 Å². The molecule has 3 nitrogen and oxygen atoms in total. The number of benzene rings is 1. The SMILES string of the molecule is Fc1cc(Br)c2nnn(C3CCCCC3)c2c1. The highest BCUT2D eigenvalue weighted by molar-refractivity contribution is 9.10. The van der Waals surface area contributed by atoms with E-state index in [-0.39, 0.29) is 5.82 Å². The summed E-state index contributed by atoms with van der Waals surface area (Å²) in [6.45, 7) is 0. The van der Waals surface area contributed by atoms with E-state index in [4.69, 9.17) is 0 Å². The van der Waals surface area contributed by atoms with Crippen molar-refractivity contribution in [2.75, 3.05) is 0 Å². The van der Waals surface area contributed by atoms with Gasteiger partial charge in [-0.15, -0.1) is 5.10 Å². The first-order valence-electron chi connectivity index (χ1n) is 5.95. The van der Waals surface area contributed by atoms with Gasteiger partial charge in [0.1, 0.15) is 11.3 Å². The van der Waals surface area contributed by atoms with Crippen molar-refractivity contribution in [1.82, 2.24) is 15.0 Å². The summed E-state index contributed by atoms with van der Waals surface area (Å²) >= 11 is 3.33. The maximum atomic E-state index is 13.4. The predicted molar refractivity (Wildman–Crippen MR) is 67.3 cm³/mol. The number of halogens is 2. The molecule has 0 aliphatic heterocycles. The zero-order valence-electron chi connectivity index (χ0n) is 9.37. The average Bonchev–Trinajstić information content (AvgIpc) is 2.74. The average molecular weight is 298 g/mol. The highest BCUT2D eigenvalue weighted by Gasteiger charge is 2.19. The van der Waals surface area contributed by atoms with E-state index in [2.05, 4.69) is 26.2 Å². The molecule has 1 aliphatic carbocycles. The summed E-state index contributed by atoms with van der Waals surface area (Å²) < 4.78 is 16.0. The minimum absolute atomic E-state index is 0.247. The van der Waals surface area contributed by atoms with Crippen molar-refractivity contribution in [3.63, 3.8) is 0 Å². The lowest BCUT2D eigenvalue weighted by molar-refractivity contribution is 0.331. The van der Waals surface area contributed by atoms with E-state index < -0.39 is 0 Å². The first-order valence-corrected chi connectivity index (χ1v) is 6.75. The second-order valence-corrected chi connectivity index (χ2v) is 5.44. The summed E-state index contributed by atoms with van der Waals surface area (Å²) in [6, 6.07) is 3.33. The topological polar surface area (TPSA) is 30.7 Å². The zero-order chi connectivity index (χ0) is 11.8. The molecule has 0 N–H and O–H groups in total. The molecule has 0 atom stereocenters. The van der Waals surface area contributed by atoms with E-state index in [0.29, 0.717) is 10.5 Å². The minimum Gasteiger partial charge on any atom is -0.241 e. The van der Waals surface area contributed by atoms with Crippen LogP contribution in [-0.4, -0.2) is 15.0 Å². The van der Waals surface area contributed by atoms with Gasteiger partial charge in [0, 0.05) is 6.07 Å². The summed E-state index contributed by atoms with van der Waals surface area (Å²) in [6.07, 6.45) is 5.98. The van der Waals surface area contributed by atoms with Gasteiger partial charge in [-0.1, -0.05) is 24.5 Å². The molecule has 1 aromatic heterocycles. The van der Waals surface area contributed by atoms with Crippen molar-refractivity contribution < 1.29 is 4.39 Å². The molecular weight excluding hydrogens is 285 g/mol. The monoisotopic (exact) mass is 297 g/mol. The first-order chi connectivity index (χ1) is 8.25. The standard InChI is InChI=1S/C12H13BrFN3/c13-10-6-8(14)7-11-12(10)15-16-17(11)9-4-2-1-3-5-9/h6-7,9H,1-5H2. The Bertz CT molecular complexity index is 546. The molecular formula is C12H13BrFN3. The Morgan fingerprint density at radius 2 is 2.00 bits per heavy atom. The van der Waals surface area contributed by atoms with Crippen LogP contribution in [0, 0.1) is 5.82 Å². The van der Waals surface area contributed by atoms with Gasteiger partial charge < -0.3 is 0 Å². The van der Waals surface area contributed by atoms with Crippen LogP contribution in [-0.2, 0) is 0 Å². The third kappa shape index (κ3) is 1.97. The molecule has 0 amide bonds. The lowest BCUT2D eigenvalue weighted by Crippen LogP contribution is -2.14. The molecule has 1 aliphatic rings. The molecule has 0 radical (unpaired) electrons. The largest absolute Gasteiger partial charge is 0.241 e. The van der Waals surface area contributed by atoms with Crippen molar-refractivity contribution in [3.8, 4) is 0 Å². The zero-order valence-corrected chi connectivity index (χ0v) is 11.0. The summed E-state index contributed by atoms with van der Waals surface area (Å²) in [4.78, 5) is 0. The number of rotatable bonds is 1. The first kappa shape index (κ1) is 11.1. The fourth-order valence-electron chi connectivity index (χ4n) is 2.56. The molecule has 0 bridgehead atoms. The number of aromatic nitrogens is 3. The maximum Gasteiger partial charge on any atom is 0.127 e. The molecule has 1 aromatic carbocycles. The van der Waals surface area contributed by atoms with Crippen molar-refractivity contribution in [3.05, 3.63) is 22.4 Å². The molecule has 0 spiro atoms. The van der Waals surface area contributed by atoms with Crippen LogP contribution < -0.4 is 0 Å². The third-order valence-electron chi connectivity index (χ3n) is 3.42. The molecule has 0 saturated heterocycles. The summed E-state index contributed by atoms with van der Waals surface area (Å²) in [5.74, 6) is -0.247. The van der Waals surface area contributed by atoms with Crippen LogP contribution >= 0.6 is 15.9 Å². The Balaban J connectivity index is 2.10. The van der Waals surface area contributed by atoms with E-state index in [1.54, 1.807) is 0 Å². The van der Waals surface area contributed by atoms with Crippen LogP contribution in [0.1, 0.15) is 38.1 Å². The molecule has 5 heteroatoms. The van der Waals surface area contributed by atoms with Gasteiger partial charge in [0.25, 0.3) is 0 Å². The van der Waals surface area contributed by atoms with Crippen molar-refractivity contribution in [2.45, 2.75) is 38.1 Å². The number of fused-ring (bicyclic) bond motifs is 1. The summed E-state index contributed by atoms with van der Waals surface area (Å²) in [5, 5.41) is 8.32. The quantitative estimate of drug-likeness (QED) is 0.801. The second-order valence-electron chi connectivity index (χ2n) is 4.58. The van der Waals surface area contributed by atoms with Crippen LogP contribution in [0.15, 0.2) is 16.6 Å². The van der Waals surface area contributed by atoms with Crippen molar-refractivity contribution in [2.24, 2.45) is 0 Å². The Labute approximate surface area is 107 Å². The Morgan fingerprint density at radius 1 is 1.24 bits per heavy atom. The molecule has 3 rings (SSSR count). The molecule has 0 unspecified atom stereocenters. The fraction of sp³-hybridized carbons (Fsp3) is 0.500. The molecule has 1 heterocycles. The molecule has 2 aromatic rings. The number of nitrogens with zero attached hydrogens (tertiary/aromatic N) is 3. The molecule has 17 heavy (non-hydrogen) atoms. The maximum absolute atomic E-state index is 13.4. The highest BCUT2D eigenvalue weighted by Crippen LogP contribution is 2.31. The predicted octanol–water partition coefficient (Wildman–Crippen LogP) is 3.84. The van der Waals surface area contributed by atoms with E-state index in [1.165, 1.54) is 31.4 Å². The number of hydrogen-bond donors (Lipinski definition) is 0. The van der Waals surface area contributed by atoms with Crippen LogP contribution in [0.3, 0.4) is 0 Å². The van der Waals surface area contributed by atoms with Gasteiger partial charge in [0.2, 0.25) is 0 Å². The third-order valence-corrected chi connectivity index (χ3v) is 4.02. The van der Waals surface area contributed by atoms with Gasteiger partial charge in [-0.2, -0.15) is 0 Å². The van der Waals surface area contributed by atoms with Crippen LogP contribution in [0.4, 0.5) is 4.39 Å². The lowest BCUT2D eigenvalue weighted by Gasteiger charge is -2.21. The molecule has 90 valence electrons. The van der Waals surface area contributed by atoms with E-state index in [1.807, 2.05) is 4.68 Å². The molecule has 1 fully saturated rings. The van der Waals surface area contributed by atoms with E-state index in [0.717, 1.165) is 23.9 Å². The molecule has 1 saturated carbocycles. The summed E-state index contributed by atoms with van der Waals surface area (Å²) in [5.41, 5.74) is 1.54. The van der Waals surface area contributed by atoms with Crippen LogP contribution in [0.25, 0.3) is 11.0 Å². The highest BCUT2D eigenvalue weighted by atomic mass is 79.9. The van der Waals surface area contributed by atoms with Gasteiger partial charge in [0.05, 0.1) is 16.0 Å². The lowest BCUT2D eigenvalue weighted by atomic mass is 9.95. The van der Waals surface area contributed by atoms with Gasteiger partial charge in [-0.25, -0.2) is 9.07 Å². The fourth-order valence-corrected chi connectivity index (χ4v) is 3.06. The Kier molecular flexibility index (Phi) is 2.86. The van der Waals surface area contributed by atoms with Gasteiger partial charge in [-0.05, 0) is 34.8 Å². The Hall–Kier alpha value is -0.970. The van der Waals surface area contributed by atoms with Gasteiger partial charge in [0.15, 0.2) is 0 Å².